The summed E-state index contributed by atoms with van der Waals surface area (Å²) in [5, 5.41) is 0.727. The van der Waals surface area contributed by atoms with Gasteiger partial charge in [0.15, 0.2) is 0 Å². The van der Waals surface area contributed by atoms with Gasteiger partial charge in [-0.25, -0.2) is 0 Å². The molecule has 1 spiro atoms. The molecular weight excluding hydrogens is 155 g/mol. The molecule has 2 aliphatic rings. The Hall–Kier alpha value is 0.0649. The molecule has 0 aromatic rings. The first kappa shape index (κ1) is 9.61. The van der Waals surface area contributed by atoms with Gasteiger partial charge in [-0.05, 0) is 17.3 Å². The highest BCUT2D eigenvalue weighted by atomic mass is 14.5. The zero-order chi connectivity index (χ0) is 9.74. The monoisotopic (exact) mass is 177 g/mol. The van der Waals surface area contributed by atoms with Crippen LogP contribution in [-0.2, 0) is 0 Å². The van der Waals surface area contributed by atoms with Crippen LogP contribution in [0.3, 0.4) is 0 Å². The normalized spacial score (nSPS) is 37.2. The summed E-state index contributed by atoms with van der Waals surface area (Å²) in [4.78, 5) is 0. The van der Waals surface area contributed by atoms with Crippen molar-refractivity contribution in [2.24, 2.45) is 10.8 Å². The van der Waals surface area contributed by atoms with E-state index < -0.39 is 0 Å². The third-order valence-electron chi connectivity index (χ3n) is 4.86. The van der Waals surface area contributed by atoms with E-state index in [0.717, 1.165) is 5.31 Å². The molecule has 1 radical (unpaired) electrons. The minimum atomic E-state index is 0.472. The molecule has 73 valence electrons. The Balaban J connectivity index is 2.03. The summed E-state index contributed by atoms with van der Waals surface area (Å²) in [6.45, 7) is 9.65. The third-order valence-corrected chi connectivity index (χ3v) is 4.86. The van der Waals surface area contributed by atoms with Crippen LogP contribution in [0.2, 0.25) is 11.6 Å². The SMILES string of the molecule is CC(C)(C)C1(C)C[B]C2(CC2)CC1. The molecule has 0 nitrogen and oxygen atoms in total. The molecular formula is C12H22B. The first-order chi connectivity index (χ1) is 5.87. The summed E-state index contributed by atoms with van der Waals surface area (Å²) in [6, 6.07) is 0. The van der Waals surface area contributed by atoms with E-state index in [4.69, 9.17) is 0 Å². The summed E-state index contributed by atoms with van der Waals surface area (Å²) in [5.41, 5.74) is 1.03. The van der Waals surface area contributed by atoms with E-state index >= 15 is 0 Å². The van der Waals surface area contributed by atoms with Crippen molar-refractivity contribution < 1.29 is 0 Å². The smallest absolute Gasteiger partial charge is 0.0738 e. The highest BCUT2D eigenvalue weighted by molar-refractivity contribution is 6.42. The van der Waals surface area contributed by atoms with Crippen molar-refractivity contribution in [3.63, 3.8) is 0 Å². The molecule has 1 aliphatic carbocycles. The largest absolute Gasteiger partial charge is 0.118 e. The second kappa shape index (κ2) is 2.55. The molecule has 0 N–H and O–H groups in total. The molecule has 0 aromatic carbocycles. The Bertz CT molecular complexity index is 198. The van der Waals surface area contributed by atoms with Gasteiger partial charge < -0.3 is 0 Å². The van der Waals surface area contributed by atoms with Gasteiger partial charge in [-0.2, -0.15) is 0 Å². The zero-order valence-corrected chi connectivity index (χ0v) is 9.61. The second-order valence-corrected chi connectivity index (χ2v) is 6.58. The van der Waals surface area contributed by atoms with Crippen LogP contribution in [0.25, 0.3) is 0 Å². The minimum absolute atomic E-state index is 0.472. The van der Waals surface area contributed by atoms with Crippen molar-refractivity contribution in [3.05, 3.63) is 0 Å². The molecule has 2 rings (SSSR count). The molecule has 0 bridgehead atoms. The van der Waals surface area contributed by atoms with Crippen molar-refractivity contribution in [2.45, 2.75) is 65.0 Å². The Morgan fingerprint density at radius 2 is 1.54 bits per heavy atom. The molecule has 2 fully saturated rings. The van der Waals surface area contributed by atoms with Gasteiger partial charge in [0.1, 0.15) is 7.28 Å². The van der Waals surface area contributed by atoms with Crippen LogP contribution >= 0.6 is 0 Å². The first-order valence-corrected chi connectivity index (χ1v) is 5.71. The van der Waals surface area contributed by atoms with Gasteiger partial charge in [0.25, 0.3) is 0 Å². The van der Waals surface area contributed by atoms with Crippen molar-refractivity contribution >= 4 is 7.28 Å². The van der Waals surface area contributed by atoms with Gasteiger partial charge >= 0.3 is 0 Å². The van der Waals surface area contributed by atoms with Crippen molar-refractivity contribution in [1.29, 1.82) is 0 Å². The van der Waals surface area contributed by atoms with Crippen LogP contribution in [0.4, 0.5) is 0 Å². The number of hydrogen-bond acceptors (Lipinski definition) is 0. The minimum Gasteiger partial charge on any atom is -0.0738 e. The Morgan fingerprint density at radius 3 is 1.85 bits per heavy atom. The van der Waals surface area contributed by atoms with Gasteiger partial charge in [0.2, 0.25) is 0 Å². The van der Waals surface area contributed by atoms with Crippen molar-refractivity contribution in [3.8, 4) is 0 Å². The van der Waals surface area contributed by atoms with E-state index in [1.807, 2.05) is 0 Å². The highest BCUT2D eigenvalue weighted by Crippen LogP contribution is 2.64. The van der Waals surface area contributed by atoms with Crippen molar-refractivity contribution in [1.82, 2.24) is 0 Å². The van der Waals surface area contributed by atoms with E-state index in [1.54, 1.807) is 0 Å². The van der Waals surface area contributed by atoms with Gasteiger partial charge in [0.05, 0.1) is 0 Å². The molecule has 1 unspecified atom stereocenters. The van der Waals surface area contributed by atoms with E-state index in [1.165, 1.54) is 32.0 Å². The lowest BCUT2D eigenvalue weighted by atomic mass is 9.42. The molecule has 1 saturated heterocycles. The van der Waals surface area contributed by atoms with Gasteiger partial charge in [-0.1, -0.05) is 58.6 Å². The summed E-state index contributed by atoms with van der Waals surface area (Å²) in [7, 11) is 2.64. The van der Waals surface area contributed by atoms with Crippen LogP contribution in [0.1, 0.15) is 53.4 Å². The zero-order valence-electron chi connectivity index (χ0n) is 9.61. The maximum atomic E-state index is 2.64. The van der Waals surface area contributed by atoms with Gasteiger partial charge in [-0.15, -0.1) is 0 Å². The lowest BCUT2D eigenvalue weighted by Gasteiger charge is -2.47. The van der Waals surface area contributed by atoms with E-state index in [0.29, 0.717) is 10.8 Å². The third kappa shape index (κ3) is 1.55. The molecule has 0 amide bonds. The van der Waals surface area contributed by atoms with E-state index in [9.17, 15) is 0 Å². The second-order valence-electron chi connectivity index (χ2n) is 6.58. The van der Waals surface area contributed by atoms with E-state index in [-0.39, 0.29) is 0 Å². The Morgan fingerprint density at radius 1 is 1.00 bits per heavy atom. The Labute approximate surface area is 83.7 Å². The molecule has 1 heteroatoms. The fourth-order valence-corrected chi connectivity index (χ4v) is 2.47. The predicted octanol–water partition coefficient (Wildman–Crippen LogP) is 3.91. The summed E-state index contributed by atoms with van der Waals surface area (Å²) < 4.78 is 0. The predicted molar refractivity (Wildman–Crippen MR) is 59.3 cm³/mol. The molecule has 13 heavy (non-hydrogen) atoms. The first-order valence-electron chi connectivity index (χ1n) is 5.71. The molecule has 1 saturated carbocycles. The standard InChI is InChI=1S/C12H22B/c1-10(2,3)11(4)5-6-12(7-8-12)13-9-11/h5-9H2,1-4H3. The summed E-state index contributed by atoms with van der Waals surface area (Å²) >= 11 is 0. The molecule has 1 aliphatic heterocycles. The van der Waals surface area contributed by atoms with Gasteiger partial charge in [-0.3, -0.25) is 0 Å². The van der Waals surface area contributed by atoms with Crippen molar-refractivity contribution in [2.75, 3.05) is 0 Å². The molecule has 1 atom stereocenters. The quantitative estimate of drug-likeness (QED) is 0.492. The van der Waals surface area contributed by atoms with Crippen LogP contribution in [0.15, 0.2) is 0 Å². The summed E-state index contributed by atoms with van der Waals surface area (Å²) in [5.74, 6) is 0. The topological polar surface area (TPSA) is 0 Å². The van der Waals surface area contributed by atoms with Crippen LogP contribution in [-0.4, -0.2) is 7.28 Å². The van der Waals surface area contributed by atoms with Crippen LogP contribution in [0.5, 0.6) is 0 Å². The Kier molecular flexibility index (Phi) is 1.89. The number of hydrogen-bond donors (Lipinski definition) is 0. The number of rotatable bonds is 0. The lowest BCUT2D eigenvalue weighted by Crippen LogP contribution is -2.38. The fourth-order valence-electron chi connectivity index (χ4n) is 2.47. The molecule has 1 heterocycles. The average Bonchev–Trinajstić information content (AvgIpc) is 2.75. The lowest BCUT2D eigenvalue weighted by molar-refractivity contribution is 0.107. The maximum Gasteiger partial charge on any atom is 0.118 e. The van der Waals surface area contributed by atoms with E-state index in [2.05, 4.69) is 35.0 Å². The fraction of sp³-hybridized carbons (Fsp3) is 1.00. The van der Waals surface area contributed by atoms with Gasteiger partial charge in [0, 0.05) is 0 Å². The molecule has 0 aromatic heterocycles. The highest BCUT2D eigenvalue weighted by Gasteiger charge is 2.50. The van der Waals surface area contributed by atoms with Crippen LogP contribution < -0.4 is 0 Å². The maximum absolute atomic E-state index is 2.64. The van der Waals surface area contributed by atoms with Crippen LogP contribution in [0, 0.1) is 10.8 Å². The summed E-state index contributed by atoms with van der Waals surface area (Å²) in [6.07, 6.45) is 7.20. The average molecular weight is 177 g/mol.